The lowest BCUT2D eigenvalue weighted by Gasteiger charge is -2.49. The maximum Gasteiger partial charge on any atom is 0.0638 e. The van der Waals surface area contributed by atoms with Crippen molar-refractivity contribution in [1.82, 2.24) is 14.8 Å². The molecule has 0 aromatic carbocycles. The SMILES string of the molecule is CN1CC(CC#N)N(Cc2ccncc2)CC1(C)C. The van der Waals surface area contributed by atoms with E-state index in [1.807, 2.05) is 12.4 Å². The Kier molecular flexibility index (Phi) is 4.18. The van der Waals surface area contributed by atoms with Gasteiger partial charge in [-0.25, -0.2) is 0 Å². The molecule has 1 fully saturated rings. The lowest BCUT2D eigenvalue weighted by atomic mass is 9.94. The molecule has 1 atom stereocenters. The molecule has 102 valence electrons. The van der Waals surface area contributed by atoms with Gasteiger partial charge in [0.2, 0.25) is 0 Å². The second-order valence-electron chi connectivity index (χ2n) is 5.97. The minimum absolute atomic E-state index is 0.152. The van der Waals surface area contributed by atoms with E-state index in [0.717, 1.165) is 19.6 Å². The summed E-state index contributed by atoms with van der Waals surface area (Å²) in [6.45, 7) is 7.35. The van der Waals surface area contributed by atoms with Crippen LogP contribution in [0, 0.1) is 11.3 Å². The van der Waals surface area contributed by atoms with Crippen LogP contribution in [0.4, 0.5) is 0 Å². The number of piperazine rings is 1. The van der Waals surface area contributed by atoms with E-state index in [1.165, 1.54) is 5.56 Å². The van der Waals surface area contributed by atoms with Crippen LogP contribution in [0.2, 0.25) is 0 Å². The van der Waals surface area contributed by atoms with E-state index in [4.69, 9.17) is 5.26 Å². The summed E-state index contributed by atoms with van der Waals surface area (Å²) in [5.74, 6) is 0. The first kappa shape index (κ1) is 14.0. The van der Waals surface area contributed by atoms with Gasteiger partial charge in [0.05, 0.1) is 12.5 Å². The zero-order valence-electron chi connectivity index (χ0n) is 12.0. The third-order valence-electron chi connectivity index (χ3n) is 4.09. The van der Waals surface area contributed by atoms with Crippen LogP contribution in [0.3, 0.4) is 0 Å². The topological polar surface area (TPSA) is 43.2 Å². The van der Waals surface area contributed by atoms with Gasteiger partial charge in [-0.05, 0) is 38.6 Å². The van der Waals surface area contributed by atoms with Crippen molar-refractivity contribution in [1.29, 1.82) is 5.26 Å². The first-order valence-electron chi connectivity index (χ1n) is 6.74. The fourth-order valence-corrected chi connectivity index (χ4v) is 2.63. The van der Waals surface area contributed by atoms with Crippen LogP contribution in [-0.2, 0) is 6.54 Å². The Labute approximate surface area is 115 Å². The molecule has 0 spiro atoms. The minimum Gasteiger partial charge on any atom is -0.298 e. The molecule has 19 heavy (non-hydrogen) atoms. The molecule has 4 nitrogen and oxygen atoms in total. The molecular formula is C15H22N4. The Morgan fingerprint density at radius 1 is 1.42 bits per heavy atom. The predicted molar refractivity (Wildman–Crippen MR) is 75.4 cm³/mol. The highest BCUT2D eigenvalue weighted by atomic mass is 15.3. The van der Waals surface area contributed by atoms with E-state index in [1.54, 1.807) is 0 Å². The summed E-state index contributed by atoms with van der Waals surface area (Å²) in [5, 5.41) is 9.01. The van der Waals surface area contributed by atoms with Crippen molar-refractivity contribution in [3.63, 3.8) is 0 Å². The summed E-state index contributed by atoms with van der Waals surface area (Å²) in [4.78, 5) is 8.84. The molecule has 1 saturated heterocycles. The monoisotopic (exact) mass is 258 g/mol. The van der Waals surface area contributed by atoms with Crippen LogP contribution in [0.15, 0.2) is 24.5 Å². The third kappa shape index (κ3) is 3.31. The number of nitrogens with zero attached hydrogens (tertiary/aromatic N) is 4. The Morgan fingerprint density at radius 2 is 2.11 bits per heavy atom. The molecule has 1 aromatic heterocycles. The van der Waals surface area contributed by atoms with Crippen LogP contribution < -0.4 is 0 Å². The summed E-state index contributed by atoms with van der Waals surface area (Å²) in [5.41, 5.74) is 1.41. The molecule has 0 bridgehead atoms. The number of nitriles is 1. The minimum atomic E-state index is 0.152. The van der Waals surface area contributed by atoms with E-state index >= 15 is 0 Å². The average Bonchev–Trinajstić information content (AvgIpc) is 2.37. The number of aromatic nitrogens is 1. The molecule has 0 radical (unpaired) electrons. The average molecular weight is 258 g/mol. The summed E-state index contributed by atoms with van der Waals surface area (Å²) >= 11 is 0. The molecule has 0 N–H and O–H groups in total. The van der Waals surface area contributed by atoms with Gasteiger partial charge in [0.15, 0.2) is 0 Å². The molecule has 0 saturated carbocycles. The van der Waals surface area contributed by atoms with Crippen LogP contribution in [0.25, 0.3) is 0 Å². The number of rotatable bonds is 3. The van der Waals surface area contributed by atoms with Gasteiger partial charge in [-0.1, -0.05) is 0 Å². The molecule has 4 heteroatoms. The van der Waals surface area contributed by atoms with Crippen molar-refractivity contribution < 1.29 is 0 Å². The summed E-state index contributed by atoms with van der Waals surface area (Å²) < 4.78 is 0. The van der Waals surface area contributed by atoms with Crippen LogP contribution in [0.1, 0.15) is 25.8 Å². The van der Waals surface area contributed by atoms with Gasteiger partial charge in [0.25, 0.3) is 0 Å². The Bertz CT molecular complexity index is 449. The lowest BCUT2D eigenvalue weighted by Crippen LogP contribution is -2.61. The van der Waals surface area contributed by atoms with Gasteiger partial charge >= 0.3 is 0 Å². The molecular weight excluding hydrogens is 236 g/mol. The normalized spacial score (nSPS) is 24.0. The Balaban J connectivity index is 2.13. The van der Waals surface area contributed by atoms with Crippen molar-refractivity contribution in [2.24, 2.45) is 0 Å². The maximum absolute atomic E-state index is 9.01. The van der Waals surface area contributed by atoms with E-state index in [-0.39, 0.29) is 5.54 Å². The fourth-order valence-electron chi connectivity index (χ4n) is 2.63. The Hall–Kier alpha value is -1.44. The molecule has 1 aromatic rings. The fraction of sp³-hybridized carbons (Fsp3) is 0.600. The zero-order chi connectivity index (χ0) is 13.9. The molecule has 1 aliphatic heterocycles. The third-order valence-corrected chi connectivity index (χ3v) is 4.09. The van der Waals surface area contributed by atoms with Gasteiger partial charge in [-0.15, -0.1) is 0 Å². The van der Waals surface area contributed by atoms with Gasteiger partial charge in [0.1, 0.15) is 0 Å². The number of pyridine rings is 1. The van der Waals surface area contributed by atoms with Crippen LogP contribution >= 0.6 is 0 Å². The highest BCUT2D eigenvalue weighted by Gasteiger charge is 2.36. The van der Waals surface area contributed by atoms with Gasteiger partial charge in [-0.3, -0.25) is 14.8 Å². The molecule has 0 aliphatic carbocycles. The second-order valence-corrected chi connectivity index (χ2v) is 5.97. The largest absolute Gasteiger partial charge is 0.298 e. The van der Waals surface area contributed by atoms with E-state index < -0.39 is 0 Å². The lowest BCUT2D eigenvalue weighted by molar-refractivity contribution is -0.00417. The quantitative estimate of drug-likeness (QED) is 0.830. The smallest absolute Gasteiger partial charge is 0.0638 e. The first-order valence-corrected chi connectivity index (χ1v) is 6.74. The first-order chi connectivity index (χ1) is 9.03. The second kappa shape index (κ2) is 5.68. The summed E-state index contributed by atoms with van der Waals surface area (Å²) in [6, 6.07) is 6.74. The number of hydrogen-bond acceptors (Lipinski definition) is 4. The molecule has 1 unspecified atom stereocenters. The van der Waals surface area contributed by atoms with Crippen LogP contribution in [-0.4, -0.2) is 46.5 Å². The van der Waals surface area contributed by atoms with Gasteiger partial charge < -0.3 is 0 Å². The summed E-state index contributed by atoms with van der Waals surface area (Å²) in [6.07, 6.45) is 4.25. The van der Waals surface area contributed by atoms with Gasteiger partial charge in [-0.2, -0.15) is 5.26 Å². The summed E-state index contributed by atoms with van der Waals surface area (Å²) in [7, 11) is 2.15. The van der Waals surface area contributed by atoms with Gasteiger partial charge in [0, 0.05) is 43.6 Å². The molecule has 2 heterocycles. The zero-order valence-corrected chi connectivity index (χ0v) is 12.0. The maximum atomic E-state index is 9.01. The van der Waals surface area contributed by atoms with Crippen molar-refractivity contribution in [3.05, 3.63) is 30.1 Å². The van der Waals surface area contributed by atoms with E-state index in [9.17, 15) is 0 Å². The number of hydrogen-bond donors (Lipinski definition) is 0. The molecule has 2 rings (SSSR count). The predicted octanol–water partition coefficient (Wildman–Crippen LogP) is 1.89. The van der Waals surface area contributed by atoms with Crippen molar-refractivity contribution in [2.45, 2.75) is 38.4 Å². The highest BCUT2D eigenvalue weighted by Crippen LogP contribution is 2.25. The van der Waals surface area contributed by atoms with Crippen LogP contribution in [0.5, 0.6) is 0 Å². The van der Waals surface area contributed by atoms with Crippen molar-refractivity contribution in [2.75, 3.05) is 20.1 Å². The molecule has 0 amide bonds. The van der Waals surface area contributed by atoms with E-state index in [0.29, 0.717) is 12.5 Å². The highest BCUT2D eigenvalue weighted by molar-refractivity contribution is 5.11. The van der Waals surface area contributed by atoms with E-state index in [2.05, 4.69) is 53.9 Å². The number of likely N-dealkylation sites (N-methyl/N-ethyl adjacent to an activating group) is 1. The standard InChI is InChI=1S/C15H22N4/c1-15(2)12-19(10-13-5-8-17-9-6-13)14(4-7-16)11-18(15)3/h5-6,8-9,14H,4,10-12H2,1-3H3. The molecule has 1 aliphatic rings. The van der Waals surface area contributed by atoms with Crippen molar-refractivity contribution in [3.8, 4) is 6.07 Å². The van der Waals surface area contributed by atoms with Crippen molar-refractivity contribution >= 4 is 0 Å². The Morgan fingerprint density at radius 3 is 2.74 bits per heavy atom.